The van der Waals surface area contributed by atoms with Gasteiger partial charge in [-0.15, -0.1) is 0 Å². The molecule has 0 aromatic carbocycles. The number of hydrogen-bond acceptors (Lipinski definition) is 1. The van der Waals surface area contributed by atoms with Gasteiger partial charge in [0.2, 0.25) is 0 Å². The minimum atomic E-state index is 0. The van der Waals surface area contributed by atoms with Gasteiger partial charge in [-0.1, -0.05) is 0 Å². The molecule has 0 saturated heterocycles. The molecule has 2 heteroatoms. The van der Waals surface area contributed by atoms with Gasteiger partial charge in [-0.05, 0) is 0 Å². The van der Waals surface area contributed by atoms with Crippen LogP contribution in [-0.4, -0.2) is 32.1 Å². The first kappa shape index (κ1) is 8.82. The first-order valence-corrected chi connectivity index (χ1v) is 0.704. The van der Waals surface area contributed by atoms with Gasteiger partial charge in [0.25, 0.3) is 0 Å². The van der Waals surface area contributed by atoms with Crippen LogP contribution in [0, 0.1) is 0 Å². The number of carbonyl (C=O) groups excluding carboxylic acids is 1. The molecule has 0 saturated carbocycles. The van der Waals surface area contributed by atoms with Crippen LogP contribution in [0.2, 0.25) is 0 Å². The van der Waals surface area contributed by atoms with Gasteiger partial charge in [-0.2, -0.15) is 0 Å². The van der Waals surface area contributed by atoms with Crippen LogP contribution in [0.25, 0.3) is 0 Å². The van der Waals surface area contributed by atoms with Crippen LogP contribution in [0.5, 0.6) is 0 Å². The molecule has 0 fully saturated rings. The van der Waals surface area contributed by atoms with Gasteiger partial charge in [0, 0.05) is 6.92 Å². The molecular formula is C2H6InO. The molecule has 0 aliphatic rings. The zero-order valence-electron chi connectivity index (χ0n) is 1.91. The van der Waals surface area contributed by atoms with Crippen molar-refractivity contribution in [3.63, 3.8) is 0 Å². The number of hydrogen-bond donors (Lipinski definition) is 0. The summed E-state index contributed by atoms with van der Waals surface area (Å²) in [5.41, 5.74) is 0. The second kappa shape index (κ2) is 9.63. The summed E-state index contributed by atoms with van der Waals surface area (Å²) in [7, 11) is 0. The summed E-state index contributed by atoms with van der Waals surface area (Å²) in [6.45, 7) is 1.32. The molecule has 23 valence electrons. The predicted octanol–water partition coefficient (Wildman–Crippen LogP) is -1.07. The molecule has 0 heterocycles. The molecule has 0 atom stereocenters. The van der Waals surface area contributed by atoms with E-state index in [1.54, 1.807) is 0 Å². The molecule has 0 amide bonds. The fraction of sp³-hybridized carbons (Fsp3) is 0.500. The summed E-state index contributed by atoms with van der Waals surface area (Å²) in [6, 6.07) is 0. The van der Waals surface area contributed by atoms with Gasteiger partial charge in [0.15, 0.2) is 6.29 Å². The standard InChI is InChI=1S/C2H3O.In.3H/c1-2-3;;;;/h1H3;;;;. The van der Waals surface area contributed by atoms with E-state index in [-0.39, 0.29) is 25.8 Å². The van der Waals surface area contributed by atoms with E-state index < -0.39 is 0 Å². The van der Waals surface area contributed by atoms with E-state index in [1.165, 1.54) is 13.2 Å². The van der Waals surface area contributed by atoms with Crippen molar-refractivity contribution in [3.8, 4) is 0 Å². The summed E-state index contributed by atoms with van der Waals surface area (Å²) in [6.07, 6.45) is 1.50. The SMILES string of the molecule is C[C]=O.[InH3]. The fourth-order valence-corrected chi connectivity index (χ4v) is 0. The van der Waals surface area contributed by atoms with Crippen molar-refractivity contribution in [1.29, 1.82) is 0 Å². The Morgan fingerprint density at radius 1 is 1.75 bits per heavy atom. The molecule has 0 aliphatic heterocycles. The summed E-state index contributed by atoms with van der Waals surface area (Å²) >= 11 is 0. The Hall–Kier alpha value is 0.540. The molecular weight excluding hydrogens is 155 g/mol. The quantitative estimate of drug-likeness (QED) is 0.442. The Bertz CT molecular complexity index is 13.5. The first-order valence-electron chi connectivity index (χ1n) is 0.704. The van der Waals surface area contributed by atoms with Crippen molar-refractivity contribution in [2.75, 3.05) is 0 Å². The van der Waals surface area contributed by atoms with E-state index in [2.05, 4.69) is 0 Å². The van der Waals surface area contributed by atoms with Gasteiger partial charge >= 0.3 is 25.8 Å². The monoisotopic (exact) mass is 161 g/mol. The molecule has 0 rings (SSSR count). The van der Waals surface area contributed by atoms with Crippen LogP contribution in [0.1, 0.15) is 6.92 Å². The van der Waals surface area contributed by atoms with Crippen LogP contribution >= 0.6 is 0 Å². The molecule has 1 nitrogen and oxygen atoms in total. The number of rotatable bonds is 0. The van der Waals surface area contributed by atoms with E-state index in [4.69, 9.17) is 4.79 Å². The maximum absolute atomic E-state index is 8.68. The normalized spacial score (nSPS) is 3.25. The molecule has 0 spiro atoms. The van der Waals surface area contributed by atoms with Crippen LogP contribution < -0.4 is 0 Å². The van der Waals surface area contributed by atoms with Crippen LogP contribution in [0.4, 0.5) is 0 Å². The third-order valence-electron chi connectivity index (χ3n) is 0. The van der Waals surface area contributed by atoms with Gasteiger partial charge in [0.1, 0.15) is 0 Å². The summed E-state index contributed by atoms with van der Waals surface area (Å²) in [4.78, 5) is 8.68. The first-order chi connectivity index (χ1) is 1.41. The fourth-order valence-electron chi connectivity index (χ4n) is 0. The van der Waals surface area contributed by atoms with Crippen molar-refractivity contribution in [3.05, 3.63) is 0 Å². The van der Waals surface area contributed by atoms with E-state index in [9.17, 15) is 0 Å². The van der Waals surface area contributed by atoms with E-state index >= 15 is 0 Å². The minimum absolute atomic E-state index is 0. The Morgan fingerprint density at radius 2 is 1.75 bits per heavy atom. The molecule has 0 N–H and O–H groups in total. The average Bonchev–Trinajstić information content (AvgIpc) is 0.918. The topological polar surface area (TPSA) is 17.1 Å². The second-order valence-corrected chi connectivity index (χ2v) is 0.204. The van der Waals surface area contributed by atoms with Crippen molar-refractivity contribution >= 4 is 32.1 Å². The van der Waals surface area contributed by atoms with E-state index in [0.29, 0.717) is 0 Å². The zero-order valence-corrected chi connectivity index (χ0v) is 1.91. The van der Waals surface area contributed by atoms with Crippen molar-refractivity contribution in [2.45, 2.75) is 6.92 Å². The molecule has 0 unspecified atom stereocenters. The second-order valence-electron chi connectivity index (χ2n) is 0.204. The Kier molecular flexibility index (Phi) is 21.2. The summed E-state index contributed by atoms with van der Waals surface area (Å²) < 4.78 is 0. The summed E-state index contributed by atoms with van der Waals surface area (Å²) in [5, 5.41) is 0. The molecule has 0 aromatic rings. The van der Waals surface area contributed by atoms with Gasteiger partial charge < -0.3 is 0 Å². The van der Waals surface area contributed by atoms with Gasteiger partial charge in [0.05, 0.1) is 0 Å². The maximum atomic E-state index is 8.68. The summed E-state index contributed by atoms with van der Waals surface area (Å²) in [5.74, 6) is 0. The van der Waals surface area contributed by atoms with Crippen molar-refractivity contribution in [1.82, 2.24) is 0 Å². The van der Waals surface area contributed by atoms with E-state index in [1.807, 2.05) is 0 Å². The molecule has 0 aromatic heterocycles. The van der Waals surface area contributed by atoms with Crippen LogP contribution in [-0.2, 0) is 4.79 Å². The molecule has 0 aliphatic carbocycles. The average molecular weight is 161 g/mol. The van der Waals surface area contributed by atoms with Crippen LogP contribution in [0.3, 0.4) is 0 Å². The van der Waals surface area contributed by atoms with E-state index in [0.717, 1.165) is 0 Å². The van der Waals surface area contributed by atoms with Gasteiger partial charge in [-0.3, -0.25) is 4.79 Å². The molecule has 4 heavy (non-hydrogen) atoms. The Balaban J connectivity index is 0. The zero-order chi connectivity index (χ0) is 2.71. The Morgan fingerprint density at radius 3 is 1.75 bits per heavy atom. The Labute approximate surface area is 44.2 Å². The van der Waals surface area contributed by atoms with Crippen molar-refractivity contribution in [2.24, 2.45) is 0 Å². The predicted molar refractivity (Wildman–Crippen MR) is 21.3 cm³/mol. The third-order valence-corrected chi connectivity index (χ3v) is 0. The molecule has 1 radical (unpaired) electrons. The van der Waals surface area contributed by atoms with Crippen LogP contribution in [0.15, 0.2) is 0 Å². The van der Waals surface area contributed by atoms with Crippen molar-refractivity contribution < 1.29 is 4.79 Å². The van der Waals surface area contributed by atoms with Gasteiger partial charge in [-0.25, -0.2) is 0 Å². The third kappa shape index (κ3) is 20.7. The molecule has 0 bridgehead atoms.